The minimum absolute atomic E-state index is 0.260. The SMILES string of the molecule is CN1c2ccc(OC(N)=O)cc2CN2CCc3ccccc3C21. The Balaban J connectivity index is 1.73. The second-order valence-electron chi connectivity index (χ2n) is 6.12. The highest BCUT2D eigenvalue weighted by atomic mass is 16.5. The normalized spacial score (nSPS) is 19.5. The van der Waals surface area contributed by atoms with E-state index in [0.717, 1.165) is 25.1 Å². The second-order valence-corrected chi connectivity index (χ2v) is 6.12. The summed E-state index contributed by atoms with van der Waals surface area (Å²) >= 11 is 0. The van der Waals surface area contributed by atoms with Crippen LogP contribution >= 0.6 is 0 Å². The highest BCUT2D eigenvalue weighted by molar-refractivity contribution is 5.69. The molecule has 0 aromatic heterocycles. The van der Waals surface area contributed by atoms with Crippen molar-refractivity contribution in [3.63, 3.8) is 0 Å². The van der Waals surface area contributed by atoms with Gasteiger partial charge in [-0.1, -0.05) is 24.3 Å². The van der Waals surface area contributed by atoms with E-state index < -0.39 is 6.09 Å². The molecule has 0 fully saturated rings. The van der Waals surface area contributed by atoms with Gasteiger partial charge in [0.05, 0.1) is 0 Å². The summed E-state index contributed by atoms with van der Waals surface area (Å²) in [7, 11) is 2.12. The van der Waals surface area contributed by atoms with Crippen LogP contribution in [0.3, 0.4) is 0 Å². The Morgan fingerprint density at radius 3 is 2.87 bits per heavy atom. The molecule has 0 aliphatic carbocycles. The number of carbonyl (C=O) groups is 1. The Bertz CT molecular complexity index is 775. The molecular weight excluding hydrogens is 290 g/mol. The fraction of sp³-hybridized carbons (Fsp3) is 0.278. The van der Waals surface area contributed by atoms with Crippen LogP contribution < -0.4 is 15.4 Å². The molecule has 23 heavy (non-hydrogen) atoms. The first-order chi connectivity index (χ1) is 11.1. The van der Waals surface area contributed by atoms with Crippen molar-refractivity contribution in [1.82, 2.24) is 4.90 Å². The van der Waals surface area contributed by atoms with Crippen LogP contribution in [0.4, 0.5) is 10.5 Å². The van der Waals surface area contributed by atoms with E-state index in [2.05, 4.69) is 41.1 Å². The Hall–Kier alpha value is -2.53. The molecule has 2 aliphatic rings. The lowest BCUT2D eigenvalue weighted by atomic mass is 9.93. The largest absolute Gasteiger partial charge is 0.410 e. The van der Waals surface area contributed by atoms with Gasteiger partial charge < -0.3 is 15.4 Å². The predicted octanol–water partition coefficient (Wildman–Crippen LogP) is 2.65. The van der Waals surface area contributed by atoms with Crippen molar-refractivity contribution in [2.45, 2.75) is 19.1 Å². The van der Waals surface area contributed by atoms with Crippen LogP contribution in [-0.2, 0) is 13.0 Å². The van der Waals surface area contributed by atoms with E-state index in [-0.39, 0.29) is 6.17 Å². The summed E-state index contributed by atoms with van der Waals surface area (Å²) in [6.45, 7) is 1.86. The van der Waals surface area contributed by atoms with Crippen LogP contribution in [0.5, 0.6) is 5.75 Å². The van der Waals surface area contributed by atoms with E-state index in [4.69, 9.17) is 10.5 Å². The molecule has 2 N–H and O–H groups in total. The molecule has 5 heteroatoms. The molecule has 2 aromatic carbocycles. The molecule has 2 heterocycles. The number of amides is 1. The van der Waals surface area contributed by atoms with Gasteiger partial charge in [-0.2, -0.15) is 0 Å². The van der Waals surface area contributed by atoms with Crippen LogP contribution in [0.25, 0.3) is 0 Å². The molecule has 4 rings (SSSR count). The summed E-state index contributed by atoms with van der Waals surface area (Å²) in [6.07, 6.45) is 0.544. The van der Waals surface area contributed by atoms with Gasteiger partial charge in [0.25, 0.3) is 0 Å². The third-order valence-electron chi connectivity index (χ3n) is 4.74. The number of benzene rings is 2. The van der Waals surface area contributed by atoms with E-state index in [1.807, 2.05) is 12.1 Å². The van der Waals surface area contributed by atoms with Crippen molar-refractivity contribution in [3.05, 3.63) is 59.2 Å². The number of rotatable bonds is 1. The zero-order chi connectivity index (χ0) is 16.0. The first-order valence-electron chi connectivity index (χ1n) is 7.78. The first-order valence-corrected chi connectivity index (χ1v) is 7.78. The molecule has 0 saturated heterocycles. The quantitative estimate of drug-likeness (QED) is 0.880. The molecule has 2 aromatic rings. The minimum atomic E-state index is -0.779. The zero-order valence-electron chi connectivity index (χ0n) is 13.0. The fourth-order valence-electron chi connectivity index (χ4n) is 3.78. The van der Waals surface area contributed by atoms with Crippen molar-refractivity contribution in [2.24, 2.45) is 5.73 Å². The van der Waals surface area contributed by atoms with Crippen molar-refractivity contribution >= 4 is 11.8 Å². The average Bonchev–Trinajstić information content (AvgIpc) is 2.53. The lowest BCUT2D eigenvalue weighted by Gasteiger charge is -2.47. The predicted molar refractivity (Wildman–Crippen MR) is 88.4 cm³/mol. The number of anilines is 1. The third-order valence-corrected chi connectivity index (χ3v) is 4.74. The van der Waals surface area contributed by atoms with Crippen LogP contribution in [-0.4, -0.2) is 24.6 Å². The van der Waals surface area contributed by atoms with E-state index in [9.17, 15) is 4.79 Å². The molecular formula is C18H19N3O2. The lowest BCUT2D eigenvalue weighted by molar-refractivity contribution is 0.163. The zero-order valence-corrected chi connectivity index (χ0v) is 13.0. The summed E-state index contributed by atoms with van der Waals surface area (Å²) < 4.78 is 5.01. The summed E-state index contributed by atoms with van der Waals surface area (Å²) in [5, 5.41) is 0. The van der Waals surface area contributed by atoms with Crippen LogP contribution in [0.1, 0.15) is 22.9 Å². The fourth-order valence-corrected chi connectivity index (χ4v) is 3.78. The van der Waals surface area contributed by atoms with Crippen molar-refractivity contribution in [2.75, 3.05) is 18.5 Å². The number of primary amides is 1. The van der Waals surface area contributed by atoms with E-state index in [1.165, 1.54) is 16.8 Å². The van der Waals surface area contributed by atoms with Crippen LogP contribution in [0.2, 0.25) is 0 Å². The Kier molecular flexibility index (Phi) is 3.23. The molecule has 1 atom stereocenters. The maximum Gasteiger partial charge on any atom is 0.409 e. The molecule has 0 radical (unpaired) electrons. The van der Waals surface area contributed by atoms with E-state index >= 15 is 0 Å². The maximum atomic E-state index is 10.9. The standard InChI is InChI=1S/C18H19N3O2/c1-20-16-7-6-14(23-18(19)22)10-13(16)11-21-9-8-12-4-2-3-5-15(12)17(20)21/h2-7,10,17H,8-9,11H2,1H3,(H2,19,22). The summed E-state index contributed by atoms with van der Waals surface area (Å²) in [5.74, 6) is 0.500. The van der Waals surface area contributed by atoms with Crippen molar-refractivity contribution in [3.8, 4) is 5.75 Å². The average molecular weight is 309 g/mol. The van der Waals surface area contributed by atoms with E-state index in [0.29, 0.717) is 5.75 Å². The topological polar surface area (TPSA) is 58.8 Å². The number of ether oxygens (including phenoxy) is 1. The Morgan fingerprint density at radius 1 is 1.22 bits per heavy atom. The Labute approximate surface area is 135 Å². The van der Waals surface area contributed by atoms with Gasteiger partial charge in [0, 0.05) is 25.8 Å². The molecule has 1 amide bonds. The van der Waals surface area contributed by atoms with E-state index in [1.54, 1.807) is 6.07 Å². The monoisotopic (exact) mass is 309 g/mol. The van der Waals surface area contributed by atoms with Gasteiger partial charge in [0.15, 0.2) is 0 Å². The molecule has 0 spiro atoms. The van der Waals surface area contributed by atoms with Gasteiger partial charge >= 0.3 is 6.09 Å². The van der Waals surface area contributed by atoms with Gasteiger partial charge in [0.2, 0.25) is 0 Å². The van der Waals surface area contributed by atoms with Crippen LogP contribution in [0, 0.1) is 0 Å². The Morgan fingerprint density at radius 2 is 2.04 bits per heavy atom. The van der Waals surface area contributed by atoms with Gasteiger partial charge in [0.1, 0.15) is 11.9 Å². The number of hydrogen-bond acceptors (Lipinski definition) is 4. The second kappa shape index (κ2) is 5.28. The van der Waals surface area contributed by atoms with Gasteiger partial charge in [-0.05, 0) is 41.3 Å². The first kappa shape index (κ1) is 14.1. The molecule has 0 bridgehead atoms. The van der Waals surface area contributed by atoms with Gasteiger partial charge in [-0.3, -0.25) is 4.90 Å². The van der Waals surface area contributed by atoms with Crippen molar-refractivity contribution < 1.29 is 9.53 Å². The number of hydrogen-bond donors (Lipinski definition) is 1. The molecule has 0 saturated carbocycles. The minimum Gasteiger partial charge on any atom is -0.410 e. The molecule has 118 valence electrons. The summed E-state index contributed by atoms with van der Waals surface area (Å²) in [4.78, 5) is 15.7. The van der Waals surface area contributed by atoms with Crippen molar-refractivity contribution in [1.29, 1.82) is 0 Å². The number of nitrogens with two attached hydrogens (primary N) is 1. The summed E-state index contributed by atoms with van der Waals surface area (Å²) in [5.41, 5.74) is 10.2. The van der Waals surface area contributed by atoms with Gasteiger partial charge in [-0.15, -0.1) is 0 Å². The number of carbonyl (C=O) groups excluding carboxylic acids is 1. The smallest absolute Gasteiger partial charge is 0.409 e. The summed E-state index contributed by atoms with van der Waals surface area (Å²) in [6, 6.07) is 14.4. The molecule has 2 aliphatic heterocycles. The number of nitrogens with zero attached hydrogens (tertiary/aromatic N) is 2. The van der Waals surface area contributed by atoms with Crippen LogP contribution in [0.15, 0.2) is 42.5 Å². The lowest BCUT2D eigenvalue weighted by Crippen LogP contribution is -2.47. The maximum absolute atomic E-state index is 10.9. The molecule has 1 unspecified atom stereocenters. The highest BCUT2D eigenvalue weighted by Gasteiger charge is 2.35. The number of fused-ring (bicyclic) bond motifs is 4. The highest BCUT2D eigenvalue weighted by Crippen LogP contribution is 2.42. The molecule has 5 nitrogen and oxygen atoms in total. The van der Waals surface area contributed by atoms with Gasteiger partial charge in [-0.25, -0.2) is 4.79 Å². The third kappa shape index (κ3) is 2.33.